The van der Waals surface area contributed by atoms with Crippen LogP contribution in [0.1, 0.15) is 18.4 Å². The quantitative estimate of drug-likeness (QED) is 0.656. The number of aliphatic hydroxyl groups excluding tert-OH is 1. The summed E-state index contributed by atoms with van der Waals surface area (Å²) in [6.45, 7) is 1.86. The smallest absolute Gasteiger partial charge is 0.170 e. The van der Waals surface area contributed by atoms with Crippen molar-refractivity contribution in [3.63, 3.8) is 0 Å². The summed E-state index contributed by atoms with van der Waals surface area (Å²) in [6, 6.07) is 2.06. The van der Waals surface area contributed by atoms with Crippen LogP contribution in [0.3, 0.4) is 0 Å². The van der Waals surface area contributed by atoms with Crippen molar-refractivity contribution in [3.05, 3.63) is 5.56 Å². The molecule has 0 unspecified atom stereocenters. The molecule has 6 heteroatoms. The zero-order chi connectivity index (χ0) is 11.5. The largest absolute Gasteiger partial charge is 0.396 e. The fourth-order valence-electron chi connectivity index (χ4n) is 2.01. The van der Waals surface area contributed by atoms with Gasteiger partial charge in [-0.2, -0.15) is 10.4 Å². The predicted octanol–water partition coefficient (Wildman–Crippen LogP) is 0.0723. The van der Waals surface area contributed by atoms with Crippen molar-refractivity contribution in [2.75, 3.05) is 30.3 Å². The lowest BCUT2D eigenvalue weighted by molar-refractivity contribution is 0.203. The standard InChI is InChI=1S/C10H15N5O/c11-5-8-9(12)13-14-10(8)15-3-1-7(6-16)2-4-15/h7,16H,1-4,6H2,(H3,12,13,14). The zero-order valence-corrected chi connectivity index (χ0v) is 8.98. The number of nitrogen functional groups attached to an aromatic ring is 1. The monoisotopic (exact) mass is 221 g/mol. The molecule has 0 radical (unpaired) electrons. The first-order chi connectivity index (χ1) is 7.76. The summed E-state index contributed by atoms with van der Waals surface area (Å²) in [4.78, 5) is 2.04. The first kappa shape index (κ1) is 10.8. The Morgan fingerprint density at radius 3 is 2.81 bits per heavy atom. The number of piperidine rings is 1. The van der Waals surface area contributed by atoms with E-state index in [9.17, 15) is 0 Å². The van der Waals surface area contributed by atoms with Gasteiger partial charge in [0.25, 0.3) is 0 Å². The second kappa shape index (κ2) is 4.41. The van der Waals surface area contributed by atoms with E-state index in [2.05, 4.69) is 16.3 Å². The number of nitrogens with zero attached hydrogens (tertiary/aromatic N) is 3. The number of H-pyrrole nitrogens is 1. The van der Waals surface area contributed by atoms with Gasteiger partial charge in [0, 0.05) is 19.7 Å². The Kier molecular flexibility index (Phi) is 2.97. The van der Waals surface area contributed by atoms with Gasteiger partial charge in [-0.05, 0) is 18.8 Å². The Balaban J connectivity index is 2.12. The lowest BCUT2D eigenvalue weighted by Crippen LogP contribution is -2.35. The number of aliphatic hydroxyl groups is 1. The van der Waals surface area contributed by atoms with Crippen molar-refractivity contribution >= 4 is 11.6 Å². The van der Waals surface area contributed by atoms with Gasteiger partial charge in [-0.1, -0.05) is 0 Å². The molecule has 1 aromatic heterocycles. The molecule has 4 N–H and O–H groups in total. The topological polar surface area (TPSA) is 102 Å². The number of aromatic nitrogens is 2. The van der Waals surface area contributed by atoms with Crippen LogP contribution in [0, 0.1) is 17.2 Å². The lowest BCUT2D eigenvalue weighted by atomic mass is 9.98. The van der Waals surface area contributed by atoms with Crippen LogP contribution < -0.4 is 10.6 Å². The van der Waals surface area contributed by atoms with E-state index < -0.39 is 0 Å². The van der Waals surface area contributed by atoms with Crippen LogP contribution in [-0.4, -0.2) is 35.0 Å². The number of anilines is 2. The number of nitriles is 1. The molecule has 2 heterocycles. The molecule has 0 aliphatic carbocycles. The minimum atomic E-state index is 0.238. The van der Waals surface area contributed by atoms with Gasteiger partial charge < -0.3 is 15.7 Å². The first-order valence-electron chi connectivity index (χ1n) is 5.36. The lowest BCUT2D eigenvalue weighted by Gasteiger charge is -2.31. The third-order valence-electron chi connectivity index (χ3n) is 3.06. The van der Waals surface area contributed by atoms with E-state index >= 15 is 0 Å². The highest BCUT2D eigenvalue weighted by molar-refractivity contribution is 5.64. The van der Waals surface area contributed by atoms with E-state index in [4.69, 9.17) is 16.1 Å². The van der Waals surface area contributed by atoms with Gasteiger partial charge in [0.1, 0.15) is 17.5 Å². The Bertz CT molecular complexity index is 400. The second-order valence-electron chi connectivity index (χ2n) is 4.06. The highest BCUT2D eigenvalue weighted by Gasteiger charge is 2.23. The van der Waals surface area contributed by atoms with Gasteiger partial charge in [0.05, 0.1) is 0 Å². The average Bonchev–Trinajstić information content (AvgIpc) is 2.70. The number of aromatic amines is 1. The number of hydrogen-bond acceptors (Lipinski definition) is 5. The second-order valence-corrected chi connectivity index (χ2v) is 4.06. The Morgan fingerprint density at radius 2 is 2.25 bits per heavy atom. The van der Waals surface area contributed by atoms with Crippen LogP contribution in [0.2, 0.25) is 0 Å². The Hall–Kier alpha value is -1.74. The van der Waals surface area contributed by atoms with Crippen LogP contribution in [0.4, 0.5) is 11.6 Å². The molecule has 1 fully saturated rings. The predicted molar refractivity (Wildman–Crippen MR) is 59.7 cm³/mol. The van der Waals surface area contributed by atoms with Gasteiger partial charge >= 0.3 is 0 Å². The van der Waals surface area contributed by atoms with Crippen LogP contribution in [0.15, 0.2) is 0 Å². The summed E-state index contributed by atoms with van der Waals surface area (Å²) < 4.78 is 0. The van der Waals surface area contributed by atoms with Crippen molar-refractivity contribution in [1.82, 2.24) is 10.2 Å². The molecule has 1 aliphatic rings. The van der Waals surface area contributed by atoms with Crippen molar-refractivity contribution in [3.8, 4) is 6.07 Å². The van der Waals surface area contributed by atoms with Gasteiger partial charge in [-0.3, -0.25) is 5.10 Å². The fraction of sp³-hybridized carbons (Fsp3) is 0.600. The maximum Gasteiger partial charge on any atom is 0.170 e. The minimum Gasteiger partial charge on any atom is -0.396 e. The highest BCUT2D eigenvalue weighted by atomic mass is 16.3. The third kappa shape index (κ3) is 1.82. The van der Waals surface area contributed by atoms with E-state index in [-0.39, 0.29) is 6.61 Å². The molecule has 16 heavy (non-hydrogen) atoms. The average molecular weight is 221 g/mol. The molecular weight excluding hydrogens is 206 g/mol. The number of hydrogen-bond donors (Lipinski definition) is 3. The molecule has 0 spiro atoms. The van der Waals surface area contributed by atoms with Gasteiger partial charge in [0.15, 0.2) is 5.82 Å². The zero-order valence-electron chi connectivity index (χ0n) is 8.98. The van der Waals surface area contributed by atoms with Crippen LogP contribution in [-0.2, 0) is 0 Å². The van der Waals surface area contributed by atoms with Gasteiger partial charge in [-0.15, -0.1) is 0 Å². The van der Waals surface area contributed by atoms with Crippen LogP contribution in [0.5, 0.6) is 0 Å². The Labute approximate surface area is 93.7 Å². The normalized spacial score (nSPS) is 17.4. The van der Waals surface area contributed by atoms with Gasteiger partial charge in [-0.25, -0.2) is 0 Å². The van der Waals surface area contributed by atoms with E-state index in [1.807, 2.05) is 4.90 Å². The van der Waals surface area contributed by atoms with Crippen molar-refractivity contribution in [2.45, 2.75) is 12.8 Å². The maximum atomic E-state index is 9.04. The third-order valence-corrected chi connectivity index (χ3v) is 3.06. The molecule has 1 aromatic rings. The molecule has 0 bridgehead atoms. The fourth-order valence-corrected chi connectivity index (χ4v) is 2.01. The highest BCUT2D eigenvalue weighted by Crippen LogP contribution is 2.26. The minimum absolute atomic E-state index is 0.238. The first-order valence-corrected chi connectivity index (χ1v) is 5.36. The summed E-state index contributed by atoms with van der Waals surface area (Å²) in [6.07, 6.45) is 1.85. The SMILES string of the molecule is N#Cc1c(N2CCC(CO)CC2)n[nH]c1N. The van der Waals surface area contributed by atoms with E-state index in [0.29, 0.717) is 23.1 Å². The van der Waals surface area contributed by atoms with Crippen molar-refractivity contribution in [2.24, 2.45) is 5.92 Å². The van der Waals surface area contributed by atoms with E-state index in [1.165, 1.54) is 0 Å². The van der Waals surface area contributed by atoms with E-state index in [1.54, 1.807) is 0 Å². The molecule has 0 atom stereocenters. The summed E-state index contributed by atoms with van der Waals surface area (Å²) in [7, 11) is 0. The summed E-state index contributed by atoms with van der Waals surface area (Å²) >= 11 is 0. The number of rotatable bonds is 2. The molecule has 0 amide bonds. The molecule has 6 nitrogen and oxygen atoms in total. The van der Waals surface area contributed by atoms with Crippen molar-refractivity contribution < 1.29 is 5.11 Å². The van der Waals surface area contributed by atoms with E-state index in [0.717, 1.165) is 25.9 Å². The molecule has 0 saturated carbocycles. The summed E-state index contributed by atoms with van der Waals surface area (Å²) in [5, 5.41) is 24.7. The Morgan fingerprint density at radius 1 is 1.56 bits per heavy atom. The maximum absolute atomic E-state index is 9.04. The van der Waals surface area contributed by atoms with Gasteiger partial charge in [0.2, 0.25) is 0 Å². The number of nitrogens with two attached hydrogens (primary N) is 1. The molecule has 2 rings (SSSR count). The van der Waals surface area contributed by atoms with Crippen LogP contribution >= 0.6 is 0 Å². The molecule has 1 saturated heterocycles. The molecular formula is C10H15N5O. The number of nitrogens with one attached hydrogen (secondary N) is 1. The molecule has 86 valence electrons. The molecule has 0 aromatic carbocycles. The summed E-state index contributed by atoms with van der Waals surface area (Å²) in [5.74, 6) is 1.33. The van der Waals surface area contributed by atoms with Crippen molar-refractivity contribution in [1.29, 1.82) is 5.26 Å². The van der Waals surface area contributed by atoms with Crippen LogP contribution in [0.25, 0.3) is 0 Å². The summed E-state index contributed by atoms with van der Waals surface area (Å²) in [5.41, 5.74) is 6.02. The molecule has 1 aliphatic heterocycles.